The van der Waals surface area contributed by atoms with E-state index in [4.69, 9.17) is 0 Å². The number of carbonyl (C=O) groups excluding carboxylic acids is 1. The molecule has 1 saturated heterocycles. The van der Waals surface area contributed by atoms with Gasteiger partial charge in [0, 0.05) is 24.0 Å². The molecule has 1 atom stereocenters. The van der Waals surface area contributed by atoms with E-state index in [1.165, 1.54) is 16.9 Å². The van der Waals surface area contributed by atoms with E-state index in [-0.39, 0.29) is 11.9 Å². The molecule has 2 aliphatic rings. The van der Waals surface area contributed by atoms with Gasteiger partial charge < -0.3 is 4.90 Å². The standard InChI is InChI=1S/C15H22N2O3S2/c1-22(19,20)16-10-12-6-2-3-8-17(12)15(18)14-9-11-5-4-7-13(11)21-14/h9,12,16H,2-8,10H2,1H3/t12-/m1/s1. The lowest BCUT2D eigenvalue weighted by molar-refractivity contribution is 0.0624. The first-order valence-corrected chi connectivity index (χ1v) is 10.5. The van der Waals surface area contributed by atoms with Crippen LogP contribution in [0.2, 0.25) is 0 Å². The van der Waals surface area contributed by atoms with Gasteiger partial charge in [0.05, 0.1) is 11.1 Å². The third kappa shape index (κ3) is 3.52. The Balaban J connectivity index is 1.73. The highest BCUT2D eigenvalue weighted by Crippen LogP contribution is 2.32. The zero-order valence-corrected chi connectivity index (χ0v) is 14.4. The minimum Gasteiger partial charge on any atom is -0.334 e. The molecule has 1 aromatic rings. The van der Waals surface area contributed by atoms with Gasteiger partial charge in [0.1, 0.15) is 0 Å². The molecule has 1 fully saturated rings. The second-order valence-corrected chi connectivity index (χ2v) is 9.15. The van der Waals surface area contributed by atoms with Crippen molar-refractivity contribution in [3.05, 3.63) is 21.4 Å². The lowest BCUT2D eigenvalue weighted by atomic mass is 10.0. The fourth-order valence-corrected chi connectivity index (χ4v) is 5.01. The number of sulfonamides is 1. The Labute approximate surface area is 135 Å². The van der Waals surface area contributed by atoms with Gasteiger partial charge >= 0.3 is 0 Å². The third-order valence-corrected chi connectivity index (χ3v) is 6.34. The monoisotopic (exact) mass is 342 g/mol. The molecule has 0 saturated carbocycles. The van der Waals surface area contributed by atoms with Gasteiger partial charge in [-0.2, -0.15) is 0 Å². The Kier molecular flexibility index (Phi) is 4.56. The number of fused-ring (bicyclic) bond motifs is 1. The van der Waals surface area contributed by atoms with Crippen molar-refractivity contribution < 1.29 is 13.2 Å². The summed E-state index contributed by atoms with van der Waals surface area (Å²) < 4.78 is 25.2. The van der Waals surface area contributed by atoms with Crippen LogP contribution in [0.25, 0.3) is 0 Å². The van der Waals surface area contributed by atoms with Gasteiger partial charge in [0.25, 0.3) is 5.91 Å². The van der Waals surface area contributed by atoms with Crippen LogP contribution in [0.1, 0.15) is 45.8 Å². The molecule has 22 heavy (non-hydrogen) atoms. The van der Waals surface area contributed by atoms with Crippen molar-refractivity contribution in [2.24, 2.45) is 0 Å². The Bertz CT molecular complexity index is 645. The van der Waals surface area contributed by atoms with Crippen LogP contribution in [-0.4, -0.2) is 44.6 Å². The second-order valence-electron chi connectivity index (χ2n) is 6.18. The molecule has 1 amide bonds. The van der Waals surface area contributed by atoms with Gasteiger partial charge in [0.2, 0.25) is 10.0 Å². The molecule has 3 rings (SSSR count). The van der Waals surface area contributed by atoms with Crippen LogP contribution in [-0.2, 0) is 22.9 Å². The summed E-state index contributed by atoms with van der Waals surface area (Å²) in [5, 5.41) is 0. The number of hydrogen-bond acceptors (Lipinski definition) is 4. The number of aryl methyl sites for hydroxylation is 2. The molecule has 0 unspecified atom stereocenters. The Morgan fingerprint density at radius 3 is 2.91 bits per heavy atom. The maximum absolute atomic E-state index is 12.8. The number of carbonyl (C=O) groups is 1. The van der Waals surface area contributed by atoms with E-state index in [0.29, 0.717) is 6.54 Å². The number of nitrogens with one attached hydrogen (secondary N) is 1. The van der Waals surface area contributed by atoms with E-state index in [9.17, 15) is 13.2 Å². The quantitative estimate of drug-likeness (QED) is 0.907. The summed E-state index contributed by atoms with van der Waals surface area (Å²) >= 11 is 1.62. The van der Waals surface area contributed by atoms with Crippen LogP contribution < -0.4 is 4.72 Å². The Morgan fingerprint density at radius 2 is 2.18 bits per heavy atom. The molecular formula is C15H22N2O3S2. The highest BCUT2D eigenvalue weighted by atomic mass is 32.2. The third-order valence-electron chi connectivity index (χ3n) is 4.43. The Morgan fingerprint density at radius 1 is 1.36 bits per heavy atom. The van der Waals surface area contributed by atoms with Crippen molar-refractivity contribution in [3.63, 3.8) is 0 Å². The topological polar surface area (TPSA) is 66.5 Å². The van der Waals surface area contributed by atoms with Gasteiger partial charge in [0.15, 0.2) is 0 Å². The van der Waals surface area contributed by atoms with Gasteiger partial charge in [-0.05, 0) is 50.2 Å². The molecule has 1 N–H and O–H groups in total. The van der Waals surface area contributed by atoms with Gasteiger partial charge in [-0.25, -0.2) is 13.1 Å². The lowest BCUT2D eigenvalue weighted by Crippen LogP contribution is -2.49. The highest BCUT2D eigenvalue weighted by molar-refractivity contribution is 7.88. The highest BCUT2D eigenvalue weighted by Gasteiger charge is 2.30. The van der Waals surface area contributed by atoms with Crippen molar-refractivity contribution in [1.82, 2.24) is 9.62 Å². The molecule has 1 aliphatic heterocycles. The van der Waals surface area contributed by atoms with Gasteiger partial charge in [-0.15, -0.1) is 11.3 Å². The van der Waals surface area contributed by atoms with E-state index >= 15 is 0 Å². The summed E-state index contributed by atoms with van der Waals surface area (Å²) in [7, 11) is -3.22. The normalized spacial score (nSPS) is 21.9. The summed E-state index contributed by atoms with van der Waals surface area (Å²) in [6.45, 7) is 1.03. The Hall–Kier alpha value is -0.920. The molecule has 1 aromatic heterocycles. The van der Waals surface area contributed by atoms with Gasteiger partial charge in [-0.1, -0.05) is 0 Å². The number of rotatable bonds is 4. The van der Waals surface area contributed by atoms with Crippen LogP contribution in [0.3, 0.4) is 0 Å². The predicted octanol–water partition coefficient (Wildman–Crippen LogP) is 1.78. The minimum absolute atomic E-state index is 0.0343. The van der Waals surface area contributed by atoms with Crippen LogP contribution in [0, 0.1) is 0 Å². The maximum Gasteiger partial charge on any atom is 0.264 e. The second kappa shape index (κ2) is 6.29. The zero-order chi connectivity index (χ0) is 15.7. The lowest BCUT2D eigenvalue weighted by Gasteiger charge is -2.35. The first kappa shape index (κ1) is 16.0. The van der Waals surface area contributed by atoms with Crippen molar-refractivity contribution >= 4 is 27.3 Å². The fraction of sp³-hybridized carbons (Fsp3) is 0.667. The summed E-state index contributed by atoms with van der Waals surface area (Å²) in [6, 6.07) is 2.01. The number of thiophene rings is 1. The van der Waals surface area contributed by atoms with E-state index in [0.717, 1.165) is 49.8 Å². The fourth-order valence-electron chi connectivity index (χ4n) is 3.30. The number of likely N-dealkylation sites (tertiary alicyclic amines) is 1. The molecular weight excluding hydrogens is 320 g/mol. The van der Waals surface area contributed by atoms with Crippen LogP contribution >= 0.6 is 11.3 Å². The summed E-state index contributed by atoms with van der Waals surface area (Å²) in [5.41, 5.74) is 1.33. The minimum atomic E-state index is -3.22. The molecule has 0 bridgehead atoms. The maximum atomic E-state index is 12.8. The van der Waals surface area contributed by atoms with Crippen LogP contribution in [0.5, 0.6) is 0 Å². The van der Waals surface area contributed by atoms with E-state index in [1.54, 1.807) is 11.3 Å². The first-order chi connectivity index (χ1) is 10.4. The van der Waals surface area contributed by atoms with E-state index < -0.39 is 10.0 Å². The molecule has 0 spiro atoms. The van der Waals surface area contributed by atoms with Gasteiger partial charge in [-0.3, -0.25) is 4.79 Å². The summed E-state index contributed by atoms with van der Waals surface area (Å²) in [5.74, 6) is 0.0689. The van der Waals surface area contributed by atoms with Crippen LogP contribution in [0.15, 0.2) is 6.07 Å². The molecule has 1 aliphatic carbocycles. The summed E-state index contributed by atoms with van der Waals surface area (Å²) in [6.07, 6.45) is 7.42. The largest absolute Gasteiger partial charge is 0.334 e. The number of nitrogens with zero attached hydrogens (tertiary/aromatic N) is 1. The molecule has 5 nitrogen and oxygen atoms in total. The number of hydrogen-bond donors (Lipinski definition) is 1. The summed E-state index contributed by atoms with van der Waals surface area (Å²) in [4.78, 5) is 16.8. The molecule has 0 aromatic carbocycles. The first-order valence-electron chi connectivity index (χ1n) is 7.81. The predicted molar refractivity (Wildman–Crippen MR) is 87.9 cm³/mol. The number of piperidine rings is 1. The smallest absolute Gasteiger partial charge is 0.264 e. The van der Waals surface area contributed by atoms with Crippen molar-refractivity contribution in [2.45, 2.75) is 44.6 Å². The average Bonchev–Trinajstić information content (AvgIpc) is 3.05. The zero-order valence-electron chi connectivity index (χ0n) is 12.8. The number of amides is 1. The van der Waals surface area contributed by atoms with E-state index in [2.05, 4.69) is 4.72 Å². The van der Waals surface area contributed by atoms with Crippen LogP contribution in [0.4, 0.5) is 0 Å². The molecule has 7 heteroatoms. The molecule has 0 radical (unpaired) electrons. The van der Waals surface area contributed by atoms with Crippen molar-refractivity contribution in [1.29, 1.82) is 0 Å². The SMILES string of the molecule is CS(=O)(=O)NC[C@H]1CCCCN1C(=O)c1cc2c(s1)CCC2. The molecule has 122 valence electrons. The van der Waals surface area contributed by atoms with E-state index in [1.807, 2.05) is 11.0 Å². The van der Waals surface area contributed by atoms with Crippen molar-refractivity contribution in [2.75, 3.05) is 19.3 Å². The molecule has 2 heterocycles. The van der Waals surface area contributed by atoms with Crippen molar-refractivity contribution in [3.8, 4) is 0 Å². The average molecular weight is 342 g/mol.